The minimum atomic E-state index is -0.997. The third-order valence-corrected chi connectivity index (χ3v) is 2.02. The van der Waals surface area contributed by atoms with Crippen LogP contribution < -0.4 is 5.73 Å². The molecule has 1 aliphatic carbocycles. The van der Waals surface area contributed by atoms with Gasteiger partial charge in [0.2, 0.25) is 0 Å². The number of hydrogen-bond acceptors (Lipinski definition) is 3. The molecule has 0 atom stereocenters. The van der Waals surface area contributed by atoms with Crippen LogP contribution in [0.3, 0.4) is 0 Å². The molecule has 0 saturated heterocycles. The van der Waals surface area contributed by atoms with Gasteiger partial charge in [-0.1, -0.05) is 0 Å². The first kappa shape index (κ1) is 7.15. The molecular weight excluding hydrogens is 158 g/mol. The van der Waals surface area contributed by atoms with Crippen LogP contribution in [0, 0.1) is 0 Å². The summed E-state index contributed by atoms with van der Waals surface area (Å²) in [5.74, 6) is -0.576. The highest BCUT2D eigenvalue weighted by molar-refractivity contribution is 5.94. The fraction of sp³-hybridized carbons (Fsp3) is 0.429. The standard InChI is InChI=1S/C7H9N3O2/c8-6-4(7(11)12)5(9-10-6)3-1-2-3/h3H,1-2H2,(H,11,12)(H3,8,9,10). The van der Waals surface area contributed by atoms with Crippen molar-refractivity contribution in [3.05, 3.63) is 11.3 Å². The smallest absolute Gasteiger partial charge is 0.341 e. The molecule has 5 heteroatoms. The molecular formula is C7H9N3O2. The number of carboxylic acids is 1. The van der Waals surface area contributed by atoms with Gasteiger partial charge in [0.05, 0.1) is 5.69 Å². The number of carbonyl (C=O) groups is 1. The van der Waals surface area contributed by atoms with Crippen LogP contribution in [0.2, 0.25) is 0 Å². The van der Waals surface area contributed by atoms with Crippen molar-refractivity contribution in [2.45, 2.75) is 18.8 Å². The number of hydrogen-bond donors (Lipinski definition) is 3. The molecule has 0 amide bonds. The minimum absolute atomic E-state index is 0.0874. The second-order valence-corrected chi connectivity index (χ2v) is 2.98. The van der Waals surface area contributed by atoms with E-state index in [1.165, 1.54) is 0 Å². The summed E-state index contributed by atoms with van der Waals surface area (Å²) in [5.41, 5.74) is 6.22. The van der Waals surface area contributed by atoms with E-state index in [4.69, 9.17) is 10.8 Å². The maximum absolute atomic E-state index is 10.7. The van der Waals surface area contributed by atoms with Gasteiger partial charge in [0, 0.05) is 5.92 Å². The molecule has 0 radical (unpaired) electrons. The van der Waals surface area contributed by atoms with Gasteiger partial charge in [0.15, 0.2) is 5.82 Å². The summed E-state index contributed by atoms with van der Waals surface area (Å²) < 4.78 is 0. The summed E-state index contributed by atoms with van der Waals surface area (Å²) in [7, 11) is 0. The molecule has 0 aliphatic heterocycles. The quantitative estimate of drug-likeness (QED) is 0.600. The van der Waals surface area contributed by atoms with Crippen LogP contribution in [0.5, 0.6) is 0 Å². The Hall–Kier alpha value is -1.52. The first-order chi connectivity index (χ1) is 5.70. The van der Waals surface area contributed by atoms with E-state index in [0.717, 1.165) is 12.8 Å². The fourth-order valence-electron chi connectivity index (χ4n) is 1.26. The predicted molar refractivity (Wildman–Crippen MR) is 41.9 cm³/mol. The van der Waals surface area contributed by atoms with Crippen molar-refractivity contribution < 1.29 is 9.90 Å². The molecule has 0 unspecified atom stereocenters. The second kappa shape index (κ2) is 2.23. The maximum Gasteiger partial charge on any atom is 0.341 e. The van der Waals surface area contributed by atoms with Crippen LogP contribution in [-0.4, -0.2) is 21.3 Å². The number of aromatic nitrogens is 2. The topological polar surface area (TPSA) is 92.0 Å². The molecule has 0 bridgehead atoms. The highest BCUT2D eigenvalue weighted by Crippen LogP contribution is 2.41. The number of carboxylic acid groups (broad SMARTS) is 1. The molecule has 64 valence electrons. The zero-order valence-corrected chi connectivity index (χ0v) is 6.37. The van der Waals surface area contributed by atoms with Crippen molar-refractivity contribution >= 4 is 11.8 Å². The van der Waals surface area contributed by atoms with Crippen LogP contribution >= 0.6 is 0 Å². The fourth-order valence-corrected chi connectivity index (χ4v) is 1.26. The van der Waals surface area contributed by atoms with Gasteiger partial charge in [0.1, 0.15) is 5.56 Å². The first-order valence-corrected chi connectivity index (χ1v) is 3.77. The molecule has 0 aromatic carbocycles. The van der Waals surface area contributed by atoms with Crippen LogP contribution in [0.25, 0.3) is 0 Å². The van der Waals surface area contributed by atoms with E-state index in [-0.39, 0.29) is 11.4 Å². The largest absolute Gasteiger partial charge is 0.477 e. The lowest BCUT2D eigenvalue weighted by Crippen LogP contribution is -2.02. The SMILES string of the molecule is Nc1n[nH]c(C2CC2)c1C(=O)O. The number of anilines is 1. The molecule has 0 spiro atoms. The molecule has 2 rings (SSSR count). The van der Waals surface area contributed by atoms with Gasteiger partial charge in [-0.25, -0.2) is 4.79 Å². The van der Waals surface area contributed by atoms with E-state index >= 15 is 0 Å². The van der Waals surface area contributed by atoms with Crippen molar-refractivity contribution in [3.63, 3.8) is 0 Å². The van der Waals surface area contributed by atoms with E-state index in [1.807, 2.05) is 0 Å². The molecule has 1 aliphatic rings. The van der Waals surface area contributed by atoms with Crippen LogP contribution in [0.1, 0.15) is 34.8 Å². The van der Waals surface area contributed by atoms with Crippen molar-refractivity contribution in [1.29, 1.82) is 0 Å². The lowest BCUT2D eigenvalue weighted by atomic mass is 10.2. The molecule has 5 nitrogen and oxygen atoms in total. The molecule has 1 aromatic heterocycles. The van der Waals surface area contributed by atoms with Gasteiger partial charge in [-0.2, -0.15) is 5.10 Å². The lowest BCUT2D eigenvalue weighted by Gasteiger charge is -1.94. The summed E-state index contributed by atoms with van der Waals surface area (Å²) in [4.78, 5) is 10.7. The van der Waals surface area contributed by atoms with E-state index < -0.39 is 5.97 Å². The molecule has 1 fully saturated rings. The number of aromatic amines is 1. The van der Waals surface area contributed by atoms with Crippen molar-refractivity contribution in [3.8, 4) is 0 Å². The Morgan fingerprint density at radius 1 is 1.67 bits per heavy atom. The molecule has 1 aromatic rings. The Kier molecular flexibility index (Phi) is 1.33. The summed E-state index contributed by atoms with van der Waals surface area (Å²) in [6.45, 7) is 0. The second-order valence-electron chi connectivity index (χ2n) is 2.98. The van der Waals surface area contributed by atoms with Gasteiger partial charge in [-0.15, -0.1) is 0 Å². The Balaban J connectivity index is 2.46. The number of rotatable bonds is 2. The first-order valence-electron chi connectivity index (χ1n) is 3.77. The molecule has 1 heterocycles. The Morgan fingerprint density at radius 3 is 2.83 bits per heavy atom. The maximum atomic E-state index is 10.7. The number of nitrogen functional groups attached to an aromatic ring is 1. The van der Waals surface area contributed by atoms with E-state index in [9.17, 15) is 4.79 Å². The number of nitrogens with two attached hydrogens (primary N) is 1. The average Bonchev–Trinajstić information content (AvgIpc) is 2.75. The Labute approximate surface area is 68.6 Å². The zero-order chi connectivity index (χ0) is 8.72. The van der Waals surface area contributed by atoms with Gasteiger partial charge >= 0.3 is 5.97 Å². The van der Waals surface area contributed by atoms with Gasteiger partial charge in [-0.05, 0) is 12.8 Å². The van der Waals surface area contributed by atoms with Gasteiger partial charge < -0.3 is 10.8 Å². The lowest BCUT2D eigenvalue weighted by molar-refractivity contribution is 0.0697. The third kappa shape index (κ3) is 0.939. The van der Waals surface area contributed by atoms with Crippen molar-refractivity contribution in [1.82, 2.24) is 10.2 Å². The zero-order valence-electron chi connectivity index (χ0n) is 6.37. The Morgan fingerprint density at radius 2 is 2.33 bits per heavy atom. The number of nitrogens with one attached hydrogen (secondary N) is 1. The minimum Gasteiger partial charge on any atom is -0.477 e. The summed E-state index contributed by atoms with van der Waals surface area (Å²) in [5, 5.41) is 15.1. The number of H-pyrrole nitrogens is 1. The predicted octanol–water partition coefficient (Wildman–Crippen LogP) is 0.567. The van der Waals surface area contributed by atoms with Crippen molar-refractivity contribution in [2.75, 3.05) is 5.73 Å². The van der Waals surface area contributed by atoms with Crippen LogP contribution in [0.4, 0.5) is 5.82 Å². The van der Waals surface area contributed by atoms with Gasteiger partial charge in [0.25, 0.3) is 0 Å². The number of aromatic carboxylic acids is 1. The average molecular weight is 167 g/mol. The van der Waals surface area contributed by atoms with E-state index in [1.54, 1.807) is 0 Å². The Bertz CT molecular complexity index is 327. The third-order valence-electron chi connectivity index (χ3n) is 2.02. The van der Waals surface area contributed by atoms with Crippen LogP contribution in [0.15, 0.2) is 0 Å². The molecule has 1 saturated carbocycles. The highest BCUT2D eigenvalue weighted by Gasteiger charge is 2.31. The monoisotopic (exact) mass is 167 g/mol. The van der Waals surface area contributed by atoms with E-state index in [0.29, 0.717) is 11.6 Å². The van der Waals surface area contributed by atoms with Gasteiger partial charge in [-0.3, -0.25) is 5.10 Å². The number of nitrogens with zero attached hydrogens (tertiary/aromatic N) is 1. The molecule has 4 N–H and O–H groups in total. The molecule has 12 heavy (non-hydrogen) atoms. The highest BCUT2D eigenvalue weighted by atomic mass is 16.4. The van der Waals surface area contributed by atoms with E-state index in [2.05, 4.69) is 10.2 Å². The summed E-state index contributed by atoms with van der Waals surface area (Å²) in [6.07, 6.45) is 2.06. The van der Waals surface area contributed by atoms with Crippen LogP contribution in [-0.2, 0) is 0 Å². The normalized spacial score (nSPS) is 16.3. The van der Waals surface area contributed by atoms with Crippen molar-refractivity contribution in [2.24, 2.45) is 0 Å². The summed E-state index contributed by atoms with van der Waals surface area (Å²) >= 11 is 0. The summed E-state index contributed by atoms with van der Waals surface area (Å²) in [6, 6.07) is 0.